The minimum atomic E-state index is 0.383. The van der Waals surface area contributed by atoms with E-state index in [4.69, 9.17) is 21.0 Å². The Labute approximate surface area is 156 Å². The van der Waals surface area contributed by atoms with Gasteiger partial charge in [-0.25, -0.2) is 9.97 Å². The molecule has 1 aliphatic heterocycles. The number of hydrogen-bond donors (Lipinski definition) is 0. The number of likely N-dealkylation sites (tertiary alicyclic amines) is 1. The molecule has 1 aromatic carbocycles. The fraction of sp³-hybridized carbons (Fsp3) is 0.368. The first-order valence-corrected chi connectivity index (χ1v) is 9.83. The van der Waals surface area contributed by atoms with Gasteiger partial charge in [0.1, 0.15) is 10.8 Å². The molecular formula is C19H20ClN3OS. The van der Waals surface area contributed by atoms with Gasteiger partial charge in [0.2, 0.25) is 5.89 Å². The molecule has 3 heterocycles. The number of aromatic nitrogens is 2. The lowest BCUT2D eigenvalue weighted by atomic mass is 10.0. The van der Waals surface area contributed by atoms with E-state index in [0.29, 0.717) is 17.0 Å². The van der Waals surface area contributed by atoms with Crippen LogP contribution in [0.25, 0.3) is 11.5 Å². The van der Waals surface area contributed by atoms with Crippen molar-refractivity contribution in [1.82, 2.24) is 14.9 Å². The van der Waals surface area contributed by atoms with Crippen LogP contribution in [0.3, 0.4) is 0 Å². The number of aryl methyl sites for hydroxylation is 1. The lowest BCUT2D eigenvalue weighted by molar-refractivity contribution is 0.138. The van der Waals surface area contributed by atoms with Gasteiger partial charge in [0, 0.05) is 18.1 Å². The van der Waals surface area contributed by atoms with Crippen molar-refractivity contribution >= 4 is 22.9 Å². The second-order valence-electron chi connectivity index (χ2n) is 6.35. The number of oxazole rings is 1. The molecule has 0 radical (unpaired) electrons. The Bertz CT molecular complexity index is 846. The number of halogens is 1. The molecule has 1 unspecified atom stereocenters. The van der Waals surface area contributed by atoms with Gasteiger partial charge >= 0.3 is 0 Å². The summed E-state index contributed by atoms with van der Waals surface area (Å²) in [6.07, 6.45) is 5.52. The Balaban J connectivity index is 1.59. The second kappa shape index (κ2) is 7.28. The quantitative estimate of drug-likeness (QED) is 0.606. The number of nitrogens with zero attached hydrogens (tertiary/aromatic N) is 3. The number of piperidine rings is 1. The molecule has 0 aliphatic carbocycles. The van der Waals surface area contributed by atoms with Crippen molar-refractivity contribution in [2.45, 2.75) is 38.8 Å². The highest BCUT2D eigenvalue weighted by molar-refractivity contribution is 7.09. The smallest absolute Gasteiger partial charge is 0.228 e. The van der Waals surface area contributed by atoms with Gasteiger partial charge in [-0.2, -0.15) is 0 Å². The fourth-order valence-corrected chi connectivity index (χ4v) is 4.40. The zero-order valence-electron chi connectivity index (χ0n) is 14.1. The fourth-order valence-electron chi connectivity index (χ4n) is 3.38. The maximum absolute atomic E-state index is 6.29. The zero-order chi connectivity index (χ0) is 17.2. The maximum atomic E-state index is 6.29. The van der Waals surface area contributed by atoms with Gasteiger partial charge < -0.3 is 4.42 Å². The summed E-state index contributed by atoms with van der Waals surface area (Å²) >= 11 is 8.02. The van der Waals surface area contributed by atoms with E-state index in [2.05, 4.69) is 15.3 Å². The largest absolute Gasteiger partial charge is 0.441 e. The first-order chi connectivity index (χ1) is 12.2. The molecule has 2 aromatic heterocycles. The van der Waals surface area contributed by atoms with Gasteiger partial charge in [0.25, 0.3) is 0 Å². The van der Waals surface area contributed by atoms with Gasteiger partial charge in [0.15, 0.2) is 0 Å². The molecule has 130 valence electrons. The Kier molecular flexibility index (Phi) is 4.88. The van der Waals surface area contributed by atoms with E-state index in [1.807, 2.05) is 37.4 Å². The van der Waals surface area contributed by atoms with E-state index in [1.54, 1.807) is 11.3 Å². The van der Waals surface area contributed by atoms with Gasteiger partial charge in [-0.15, -0.1) is 11.3 Å². The van der Waals surface area contributed by atoms with Crippen molar-refractivity contribution in [3.8, 4) is 11.5 Å². The molecule has 0 bridgehead atoms. The van der Waals surface area contributed by atoms with Crippen LogP contribution in [-0.4, -0.2) is 21.4 Å². The highest BCUT2D eigenvalue weighted by Crippen LogP contribution is 2.34. The van der Waals surface area contributed by atoms with Crippen molar-refractivity contribution in [1.29, 1.82) is 0 Å². The lowest BCUT2D eigenvalue weighted by Gasteiger charge is -2.33. The van der Waals surface area contributed by atoms with Crippen molar-refractivity contribution in [2.75, 3.05) is 6.54 Å². The van der Waals surface area contributed by atoms with Crippen molar-refractivity contribution < 1.29 is 4.42 Å². The predicted molar refractivity (Wildman–Crippen MR) is 101 cm³/mol. The monoisotopic (exact) mass is 373 g/mol. The Hall–Kier alpha value is -1.69. The van der Waals surface area contributed by atoms with Crippen LogP contribution in [0.2, 0.25) is 5.02 Å². The lowest BCUT2D eigenvalue weighted by Crippen LogP contribution is -2.33. The van der Waals surface area contributed by atoms with Crippen LogP contribution in [-0.2, 0) is 6.54 Å². The summed E-state index contributed by atoms with van der Waals surface area (Å²) in [4.78, 5) is 11.8. The van der Waals surface area contributed by atoms with Crippen LogP contribution >= 0.6 is 22.9 Å². The summed E-state index contributed by atoms with van der Waals surface area (Å²) in [5.41, 5.74) is 1.83. The van der Waals surface area contributed by atoms with Crippen LogP contribution in [0.15, 0.2) is 40.3 Å². The van der Waals surface area contributed by atoms with E-state index >= 15 is 0 Å². The van der Waals surface area contributed by atoms with E-state index in [9.17, 15) is 0 Å². The van der Waals surface area contributed by atoms with Crippen molar-refractivity contribution in [2.24, 2.45) is 0 Å². The van der Waals surface area contributed by atoms with Crippen molar-refractivity contribution in [3.63, 3.8) is 0 Å². The van der Waals surface area contributed by atoms with E-state index in [0.717, 1.165) is 36.5 Å². The second-order valence-corrected chi connectivity index (χ2v) is 7.69. The number of rotatable bonds is 4. The SMILES string of the molecule is Cc1oc(-c2ccccc2Cl)nc1CN1CCCCC1c1nccs1. The first-order valence-electron chi connectivity index (χ1n) is 8.57. The summed E-state index contributed by atoms with van der Waals surface area (Å²) in [7, 11) is 0. The van der Waals surface area contributed by atoms with Crippen LogP contribution < -0.4 is 0 Å². The van der Waals surface area contributed by atoms with Gasteiger partial charge in [-0.1, -0.05) is 30.2 Å². The maximum Gasteiger partial charge on any atom is 0.228 e. The van der Waals surface area contributed by atoms with Gasteiger partial charge in [-0.05, 0) is 38.4 Å². The van der Waals surface area contributed by atoms with E-state index in [-0.39, 0.29) is 0 Å². The summed E-state index contributed by atoms with van der Waals surface area (Å²) in [5, 5.41) is 3.92. The zero-order valence-corrected chi connectivity index (χ0v) is 15.7. The Morgan fingerprint density at radius 2 is 2.20 bits per heavy atom. The molecule has 1 atom stereocenters. The normalized spacial score (nSPS) is 18.6. The first kappa shape index (κ1) is 16.8. The van der Waals surface area contributed by atoms with Gasteiger partial charge in [0.05, 0.1) is 22.3 Å². The third-order valence-corrected chi connectivity index (χ3v) is 5.91. The van der Waals surface area contributed by atoms with Gasteiger partial charge in [-0.3, -0.25) is 4.90 Å². The third kappa shape index (κ3) is 3.50. The molecule has 25 heavy (non-hydrogen) atoms. The van der Waals surface area contributed by atoms with Crippen LogP contribution in [0.5, 0.6) is 0 Å². The summed E-state index contributed by atoms with van der Waals surface area (Å²) < 4.78 is 5.91. The molecule has 1 saturated heterocycles. The van der Waals surface area contributed by atoms with E-state index in [1.165, 1.54) is 17.8 Å². The van der Waals surface area contributed by atoms with Crippen molar-refractivity contribution in [3.05, 3.63) is 57.3 Å². The van der Waals surface area contributed by atoms with Crippen LogP contribution in [0, 0.1) is 6.92 Å². The molecule has 0 N–H and O–H groups in total. The Morgan fingerprint density at radius 1 is 1.32 bits per heavy atom. The van der Waals surface area contributed by atoms with Crippen LogP contribution in [0.1, 0.15) is 41.8 Å². The average molecular weight is 374 g/mol. The van der Waals surface area contributed by atoms with Crippen LogP contribution in [0.4, 0.5) is 0 Å². The summed E-state index contributed by atoms with van der Waals surface area (Å²) in [6.45, 7) is 3.83. The number of benzene rings is 1. The minimum absolute atomic E-state index is 0.383. The third-order valence-electron chi connectivity index (χ3n) is 4.70. The standard InChI is InChI=1S/C19H20ClN3OS/c1-13-16(22-18(24-13)14-6-2-3-7-15(14)20)12-23-10-5-4-8-17(23)19-21-9-11-25-19/h2-3,6-7,9,11,17H,4-5,8,10,12H2,1H3. The molecule has 6 heteroatoms. The molecule has 1 fully saturated rings. The molecular weight excluding hydrogens is 354 g/mol. The predicted octanol–water partition coefficient (Wildman–Crippen LogP) is 5.49. The molecule has 4 rings (SSSR count). The highest BCUT2D eigenvalue weighted by atomic mass is 35.5. The molecule has 0 saturated carbocycles. The molecule has 1 aliphatic rings. The molecule has 4 nitrogen and oxygen atoms in total. The minimum Gasteiger partial charge on any atom is -0.441 e. The highest BCUT2D eigenvalue weighted by Gasteiger charge is 2.27. The topological polar surface area (TPSA) is 42.2 Å². The Morgan fingerprint density at radius 3 is 3.00 bits per heavy atom. The molecule has 0 spiro atoms. The number of thiazole rings is 1. The average Bonchev–Trinajstić information content (AvgIpc) is 3.27. The van der Waals surface area contributed by atoms with E-state index < -0.39 is 0 Å². The number of hydrogen-bond acceptors (Lipinski definition) is 5. The molecule has 0 amide bonds. The summed E-state index contributed by atoms with van der Waals surface area (Å²) in [6, 6.07) is 8.04. The molecule has 3 aromatic rings. The summed E-state index contributed by atoms with van der Waals surface area (Å²) in [5.74, 6) is 1.46.